The van der Waals surface area contributed by atoms with E-state index in [1.54, 1.807) is 0 Å². The lowest BCUT2D eigenvalue weighted by Crippen LogP contribution is -2.18. The molecule has 1 heterocycles. The number of anilines is 1. The van der Waals surface area contributed by atoms with Crippen molar-refractivity contribution < 1.29 is 0 Å². The number of halogens is 1. The molecule has 0 aromatic carbocycles. The van der Waals surface area contributed by atoms with Gasteiger partial charge < -0.3 is 5.32 Å². The Morgan fingerprint density at radius 3 is 2.79 bits per heavy atom. The van der Waals surface area contributed by atoms with Crippen molar-refractivity contribution in [1.82, 2.24) is 4.98 Å². The minimum atomic E-state index is 0.443. The number of pyridine rings is 1. The Bertz CT molecular complexity index is 286. The van der Waals surface area contributed by atoms with Gasteiger partial charge in [0.25, 0.3) is 0 Å². The van der Waals surface area contributed by atoms with Crippen LogP contribution in [0.15, 0.2) is 18.3 Å². The Balaban J connectivity index is 2.51. The fraction of sp³-hybridized carbons (Fsp3) is 0.545. The summed E-state index contributed by atoms with van der Waals surface area (Å²) in [5.74, 6) is 0.964. The second-order valence-corrected chi connectivity index (χ2v) is 5.34. The standard InChI is InChI=1S/C11H17BrN2/c1-8-4-5-13-11(6-8)14-10(3)7-9(2)12/h4-6,9-10H,7H2,1-3H3,(H,13,14). The Morgan fingerprint density at radius 1 is 1.50 bits per heavy atom. The largest absolute Gasteiger partial charge is 0.368 e. The molecular weight excluding hydrogens is 240 g/mol. The van der Waals surface area contributed by atoms with Crippen LogP contribution in [0, 0.1) is 6.92 Å². The summed E-state index contributed by atoms with van der Waals surface area (Å²) in [6.45, 7) is 6.40. The van der Waals surface area contributed by atoms with Gasteiger partial charge in [-0.25, -0.2) is 4.98 Å². The van der Waals surface area contributed by atoms with E-state index in [1.807, 2.05) is 12.3 Å². The first-order valence-electron chi connectivity index (χ1n) is 4.91. The summed E-state index contributed by atoms with van der Waals surface area (Å²) in [6, 6.07) is 4.51. The van der Waals surface area contributed by atoms with E-state index in [0.717, 1.165) is 12.2 Å². The van der Waals surface area contributed by atoms with Crippen molar-refractivity contribution in [3.05, 3.63) is 23.9 Å². The maximum atomic E-state index is 4.26. The Kier molecular flexibility index (Phi) is 4.39. The molecule has 0 amide bonds. The first-order chi connectivity index (χ1) is 6.58. The quantitative estimate of drug-likeness (QED) is 0.836. The molecule has 1 rings (SSSR count). The fourth-order valence-electron chi connectivity index (χ4n) is 1.41. The van der Waals surface area contributed by atoms with Gasteiger partial charge in [-0.2, -0.15) is 0 Å². The van der Waals surface area contributed by atoms with Crippen LogP contribution in [0.3, 0.4) is 0 Å². The third-order valence-corrected chi connectivity index (χ3v) is 2.36. The molecule has 0 saturated carbocycles. The van der Waals surface area contributed by atoms with Crippen molar-refractivity contribution in [3.63, 3.8) is 0 Å². The van der Waals surface area contributed by atoms with Gasteiger partial charge in [0.15, 0.2) is 0 Å². The molecule has 2 atom stereocenters. The van der Waals surface area contributed by atoms with Crippen LogP contribution < -0.4 is 5.32 Å². The third kappa shape index (κ3) is 4.09. The van der Waals surface area contributed by atoms with Crippen LogP contribution in [0.25, 0.3) is 0 Å². The summed E-state index contributed by atoms with van der Waals surface area (Å²) in [4.78, 5) is 4.80. The highest BCUT2D eigenvalue weighted by molar-refractivity contribution is 9.09. The van der Waals surface area contributed by atoms with Crippen LogP contribution in [0.4, 0.5) is 5.82 Å². The van der Waals surface area contributed by atoms with Gasteiger partial charge in [0.1, 0.15) is 5.82 Å². The molecule has 2 nitrogen and oxygen atoms in total. The zero-order chi connectivity index (χ0) is 10.6. The van der Waals surface area contributed by atoms with Gasteiger partial charge in [0.05, 0.1) is 0 Å². The predicted molar refractivity (Wildman–Crippen MR) is 65.1 cm³/mol. The van der Waals surface area contributed by atoms with Gasteiger partial charge in [0.2, 0.25) is 0 Å². The van der Waals surface area contributed by atoms with Crippen molar-refractivity contribution in [3.8, 4) is 0 Å². The van der Waals surface area contributed by atoms with Crippen LogP contribution in [0.2, 0.25) is 0 Å². The summed E-state index contributed by atoms with van der Waals surface area (Å²) >= 11 is 3.54. The van der Waals surface area contributed by atoms with Crippen molar-refractivity contribution in [2.75, 3.05) is 5.32 Å². The van der Waals surface area contributed by atoms with Crippen molar-refractivity contribution in [2.45, 2.75) is 38.1 Å². The third-order valence-electron chi connectivity index (χ3n) is 1.99. The number of alkyl halides is 1. The number of rotatable bonds is 4. The number of hydrogen-bond acceptors (Lipinski definition) is 2. The van der Waals surface area contributed by atoms with Crippen LogP contribution in [-0.2, 0) is 0 Å². The highest BCUT2D eigenvalue weighted by Gasteiger charge is 2.05. The van der Waals surface area contributed by atoms with Crippen LogP contribution in [-0.4, -0.2) is 15.9 Å². The highest BCUT2D eigenvalue weighted by atomic mass is 79.9. The predicted octanol–water partition coefficient (Wildman–Crippen LogP) is 3.36. The number of aromatic nitrogens is 1. The molecule has 1 N–H and O–H groups in total. The summed E-state index contributed by atoms with van der Waals surface area (Å²) in [5.41, 5.74) is 1.24. The molecule has 0 bridgehead atoms. The Labute approximate surface area is 94.3 Å². The smallest absolute Gasteiger partial charge is 0.126 e. The molecule has 2 unspecified atom stereocenters. The van der Waals surface area contributed by atoms with Crippen LogP contribution in [0.5, 0.6) is 0 Å². The normalized spacial score (nSPS) is 14.9. The van der Waals surface area contributed by atoms with Gasteiger partial charge in [-0.15, -0.1) is 0 Å². The Morgan fingerprint density at radius 2 is 2.21 bits per heavy atom. The van der Waals surface area contributed by atoms with Crippen molar-refractivity contribution in [2.24, 2.45) is 0 Å². The molecule has 0 fully saturated rings. The van der Waals surface area contributed by atoms with E-state index in [9.17, 15) is 0 Å². The molecule has 0 aliphatic rings. The lowest BCUT2D eigenvalue weighted by atomic mass is 10.2. The Hall–Kier alpha value is -0.570. The summed E-state index contributed by atoms with van der Waals surface area (Å²) in [5, 5.41) is 3.37. The van der Waals surface area contributed by atoms with Gasteiger partial charge in [-0.05, 0) is 38.0 Å². The minimum absolute atomic E-state index is 0.443. The van der Waals surface area contributed by atoms with E-state index >= 15 is 0 Å². The zero-order valence-corrected chi connectivity index (χ0v) is 10.5. The van der Waals surface area contributed by atoms with E-state index in [0.29, 0.717) is 10.9 Å². The molecule has 0 radical (unpaired) electrons. The average molecular weight is 257 g/mol. The molecule has 0 aliphatic carbocycles. The van der Waals surface area contributed by atoms with Crippen LogP contribution in [0.1, 0.15) is 25.8 Å². The van der Waals surface area contributed by atoms with Crippen LogP contribution >= 0.6 is 15.9 Å². The minimum Gasteiger partial charge on any atom is -0.368 e. The summed E-state index contributed by atoms with van der Waals surface area (Å²) in [6.07, 6.45) is 2.93. The van der Waals surface area contributed by atoms with E-state index in [-0.39, 0.29) is 0 Å². The van der Waals surface area contributed by atoms with Gasteiger partial charge in [-0.1, -0.05) is 22.9 Å². The van der Waals surface area contributed by atoms with E-state index in [1.165, 1.54) is 5.56 Å². The molecule has 1 aromatic heterocycles. The number of hydrogen-bond donors (Lipinski definition) is 1. The van der Waals surface area contributed by atoms with Gasteiger partial charge in [0, 0.05) is 17.1 Å². The first kappa shape index (κ1) is 11.5. The van der Waals surface area contributed by atoms with E-state index in [4.69, 9.17) is 0 Å². The van der Waals surface area contributed by atoms with Gasteiger partial charge >= 0.3 is 0 Å². The molecule has 1 aromatic rings. The van der Waals surface area contributed by atoms with Gasteiger partial charge in [-0.3, -0.25) is 0 Å². The summed E-state index contributed by atoms with van der Waals surface area (Å²) < 4.78 is 0. The number of nitrogens with one attached hydrogen (secondary N) is 1. The lowest BCUT2D eigenvalue weighted by Gasteiger charge is -2.15. The molecular formula is C11H17BrN2. The van der Waals surface area contributed by atoms with E-state index in [2.05, 4.69) is 53.1 Å². The summed E-state index contributed by atoms with van der Waals surface area (Å²) in [7, 11) is 0. The first-order valence-corrected chi connectivity index (χ1v) is 5.82. The molecule has 14 heavy (non-hydrogen) atoms. The molecule has 3 heteroatoms. The second kappa shape index (κ2) is 5.35. The topological polar surface area (TPSA) is 24.9 Å². The molecule has 0 spiro atoms. The maximum Gasteiger partial charge on any atom is 0.126 e. The lowest BCUT2D eigenvalue weighted by molar-refractivity contribution is 0.705. The monoisotopic (exact) mass is 256 g/mol. The number of nitrogens with zero attached hydrogens (tertiary/aromatic N) is 1. The average Bonchev–Trinajstić information content (AvgIpc) is 2.01. The van der Waals surface area contributed by atoms with Crippen molar-refractivity contribution >= 4 is 21.7 Å². The van der Waals surface area contributed by atoms with Crippen molar-refractivity contribution in [1.29, 1.82) is 0 Å². The number of aryl methyl sites for hydroxylation is 1. The zero-order valence-electron chi connectivity index (χ0n) is 8.92. The fourth-order valence-corrected chi connectivity index (χ4v) is 1.97. The molecule has 0 aliphatic heterocycles. The van der Waals surface area contributed by atoms with E-state index < -0.39 is 0 Å². The molecule has 78 valence electrons. The maximum absolute atomic E-state index is 4.26. The highest BCUT2D eigenvalue weighted by Crippen LogP contribution is 2.12. The molecule has 0 saturated heterocycles. The SMILES string of the molecule is Cc1ccnc(NC(C)CC(C)Br)c1. The second-order valence-electron chi connectivity index (χ2n) is 3.78.